The number of sulfone groups is 1. The molecule has 0 aliphatic rings. The zero-order chi connectivity index (χ0) is 14.9. The van der Waals surface area contributed by atoms with Crippen molar-refractivity contribution in [2.45, 2.75) is 26.7 Å². The maximum atomic E-state index is 11.3. The van der Waals surface area contributed by atoms with Crippen LogP contribution in [0.3, 0.4) is 0 Å². The molecular formula is C11H26N2O4S2. The summed E-state index contributed by atoms with van der Waals surface area (Å²) in [6, 6.07) is 0. The van der Waals surface area contributed by atoms with Gasteiger partial charge in [0.1, 0.15) is 9.84 Å². The first-order chi connectivity index (χ1) is 8.73. The molecule has 19 heavy (non-hydrogen) atoms. The number of hydrogen-bond acceptors (Lipinski definition) is 5. The van der Waals surface area contributed by atoms with Gasteiger partial charge in [0, 0.05) is 18.8 Å². The second kappa shape index (κ2) is 8.89. The van der Waals surface area contributed by atoms with Crippen molar-refractivity contribution in [2.75, 3.05) is 43.9 Å². The smallest absolute Gasteiger partial charge is 0.211 e. The van der Waals surface area contributed by atoms with E-state index in [1.54, 1.807) is 6.92 Å². The second-order valence-electron chi connectivity index (χ2n) is 4.45. The van der Waals surface area contributed by atoms with Crippen LogP contribution in [0.2, 0.25) is 0 Å². The summed E-state index contributed by atoms with van der Waals surface area (Å²) in [7, 11) is -5.99. The van der Waals surface area contributed by atoms with Crippen LogP contribution in [0.4, 0.5) is 0 Å². The summed E-state index contributed by atoms with van der Waals surface area (Å²) >= 11 is 0. The summed E-state index contributed by atoms with van der Waals surface area (Å²) in [5.41, 5.74) is 0. The quantitative estimate of drug-likeness (QED) is 0.546. The molecule has 0 spiro atoms. The molecule has 0 atom stereocenters. The van der Waals surface area contributed by atoms with E-state index in [9.17, 15) is 16.8 Å². The molecule has 0 rings (SSSR count). The van der Waals surface area contributed by atoms with Crippen LogP contribution >= 0.6 is 0 Å². The van der Waals surface area contributed by atoms with Gasteiger partial charge in [0.05, 0.1) is 12.0 Å². The van der Waals surface area contributed by atoms with Crippen molar-refractivity contribution in [2.24, 2.45) is 0 Å². The minimum absolute atomic E-state index is 0.187. The van der Waals surface area contributed by atoms with E-state index in [4.69, 9.17) is 0 Å². The summed E-state index contributed by atoms with van der Waals surface area (Å²) in [5, 5.41) is 3.13. The monoisotopic (exact) mass is 314 g/mol. The number of sulfonamides is 1. The van der Waals surface area contributed by atoms with E-state index >= 15 is 0 Å². The lowest BCUT2D eigenvalue weighted by Gasteiger charge is -2.17. The highest BCUT2D eigenvalue weighted by molar-refractivity contribution is 7.91. The minimum Gasteiger partial charge on any atom is -0.317 e. The highest BCUT2D eigenvalue weighted by atomic mass is 32.2. The van der Waals surface area contributed by atoms with E-state index in [1.807, 2.05) is 6.92 Å². The van der Waals surface area contributed by atoms with Gasteiger partial charge in [0.2, 0.25) is 10.0 Å². The van der Waals surface area contributed by atoms with E-state index in [1.165, 1.54) is 10.6 Å². The number of hydrogen-bond donors (Lipinski definition) is 1. The summed E-state index contributed by atoms with van der Waals surface area (Å²) in [5.74, 6) is 0.397. The summed E-state index contributed by atoms with van der Waals surface area (Å²) in [6.07, 6.45) is 2.53. The van der Waals surface area contributed by atoms with Crippen molar-refractivity contribution in [3.8, 4) is 0 Å². The number of nitrogens with one attached hydrogen (secondary N) is 1. The molecule has 6 nitrogen and oxygen atoms in total. The van der Waals surface area contributed by atoms with E-state index in [-0.39, 0.29) is 11.5 Å². The Morgan fingerprint density at radius 3 is 2.05 bits per heavy atom. The Labute approximate surface area is 117 Å². The summed E-state index contributed by atoms with van der Waals surface area (Å²) in [4.78, 5) is 0. The molecule has 0 unspecified atom stereocenters. The SMILES string of the molecule is CCN(CCCNCCCS(=O)(=O)CC)S(C)(=O)=O. The Balaban J connectivity index is 3.66. The van der Waals surface area contributed by atoms with E-state index in [0.717, 1.165) is 6.42 Å². The largest absolute Gasteiger partial charge is 0.317 e. The predicted molar refractivity (Wildman–Crippen MR) is 78.5 cm³/mol. The Morgan fingerprint density at radius 2 is 1.58 bits per heavy atom. The standard InChI is InChI=1S/C11H26N2O4S2/c1-4-13(18(3,14)15)10-6-8-12-9-7-11-19(16,17)5-2/h12H,4-11H2,1-3H3. The third-order valence-electron chi connectivity index (χ3n) is 2.83. The maximum Gasteiger partial charge on any atom is 0.211 e. The van der Waals surface area contributed by atoms with E-state index < -0.39 is 19.9 Å². The Bertz CT molecular complexity index is 432. The molecule has 0 aromatic heterocycles. The Hall–Kier alpha value is -0.180. The van der Waals surface area contributed by atoms with Crippen molar-refractivity contribution in [3.63, 3.8) is 0 Å². The fourth-order valence-electron chi connectivity index (χ4n) is 1.63. The molecule has 0 amide bonds. The van der Waals surface area contributed by atoms with Gasteiger partial charge >= 0.3 is 0 Å². The van der Waals surface area contributed by atoms with Crippen LogP contribution < -0.4 is 5.32 Å². The first-order valence-electron chi connectivity index (χ1n) is 6.59. The van der Waals surface area contributed by atoms with Gasteiger partial charge in [-0.25, -0.2) is 21.1 Å². The van der Waals surface area contributed by atoms with Crippen molar-refractivity contribution < 1.29 is 16.8 Å². The van der Waals surface area contributed by atoms with Gasteiger partial charge in [-0.2, -0.15) is 0 Å². The fourth-order valence-corrected chi connectivity index (χ4v) is 3.43. The molecule has 0 bridgehead atoms. The zero-order valence-corrected chi connectivity index (χ0v) is 13.7. The summed E-state index contributed by atoms with van der Waals surface area (Å²) < 4.78 is 46.5. The molecular weight excluding hydrogens is 288 g/mol. The third kappa shape index (κ3) is 9.37. The van der Waals surface area contributed by atoms with Crippen molar-refractivity contribution in [1.82, 2.24) is 9.62 Å². The predicted octanol–water partition coefficient (Wildman–Crippen LogP) is 0.0724. The summed E-state index contributed by atoms with van der Waals surface area (Å²) in [6.45, 7) is 5.77. The minimum atomic E-state index is -3.11. The van der Waals surface area contributed by atoms with Crippen LogP contribution in [0, 0.1) is 0 Å². The number of rotatable bonds is 11. The molecule has 0 fully saturated rings. The van der Waals surface area contributed by atoms with Crippen LogP contribution in [0.5, 0.6) is 0 Å². The molecule has 0 heterocycles. The van der Waals surface area contributed by atoms with Crippen LogP contribution in [-0.4, -0.2) is 65.1 Å². The lowest BCUT2D eigenvalue weighted by molar-refractivity contribution is 0.419. The Morgan fingerprint density at radius 1 is 1.00 bits per heavy atom. The molecule has 1 N–H and O–H groups in total. The highest BCUT2D eigenvalue weighted by Crippen LogP contribution is 1.98. The average Bonchev–Trinajstić information content (AvgIpc) is 2.31. The highest BCUT2D eigenvalue weighted by Gasteiger charge is 2.12. The van der Waals surface area contributed by atoms with Crippen LogP contribution in [0.15, 0.2) is 0 Å². The fraction of sp³-hybridized carbons (Fsp3) is 1.00. The van der Waals surface area contributed by atoms with Crippen molar-refractivity contribution in [1.29, 1.82) is 0 Å². The number of nitrogens with zero attached hydrogens (tertiary/aromatic N) is 1. The molecule has 116 valence electrons. The van der Waals surface area contributed by atoms with Crippen LogP contribution in [0.1, 0.15) is 26.7 Å². The molecule has 0 saturated carbocycles. The molecule has 0 aliphatic carbocycles. The molecule has 8 heteroatoms. The van der Waals surface area contributed by atoms with Gasteiger partial charge in [0.15, 0.2) is 0 Å². The Kier molecular flexibility index (Phi) is 8.80. The van der Waals surface area contributed by atoms with Gasteiger partial charge in [-0.05, 0) is 25.9 Å². The van der Waals surface area contributed by atoms with Gasteiger partial charge in [0.25, 0.3) is 0 Å². The molecule has 0 saturated heterocycles. The second-order valence-corrected chi connectivity index (χ2v) is 8.90. The van der Waals surface area contributed by atoms with E-state index in [0.29, 0.717) is 32.6 Å². The van der Waals surface area contributed by atoms with E-state index in [2.05, 4.69) is 5.32 Å². The third-order valence-corrected chi connectivity index (χ3v) is 6.00. The van der Waals surface area contributed by atoms with Gasteiger partial charge < -0.3 is 5.32 Å². The first-order valence-corrected chi connectivity index (χ1v) is 10.3. The maximum absolute atomic E-state index is 11.3. The normalized spacial score (nSPS) is 13.1. The van der Waals surface area contributed by atoms with Gasteiger partial charge in [-0.1, -0.05) is 13.8 Å². The topological polar surface area (TPSA) is 83.6 Å². The molecule has 0 radical (unpaired) electrons. The molecule has 0 aromatic carbocycles. The van der Waals surface area contributed by atoms with Crippen LogP contribution in [-0.2, 0) is 19.9 Å². The lowest BCUT2D eigenvalue weighted by Crippen LogP contribution is -2.32. The zero-order valence-electron chi connectivity index (χ0n) is 12.1. The molecule has 0 aliphatic heterocycles. The lowest BCUT2D eigenvalue weighted by atomic mass is 10.4. The van der Waals surface area contributed by atoms with Gasteiger partial charge in [-0.3, -0.25) is 0 Å². The van der Waals surface area contributed by atoms with Gasteiger partial charge in [-0.15, -0.1) is 0 Å². The van der Waals surface area contributed by atoms with Crippen molar-refractivity contribution in [3.05, 3.63) is 0 Å². The average molecular weight is 314 g/mol. The molecule has 0 aromatic rings. The van der Waals surface area contributed by atoms with Crippen molar-refractivity contribution >= 4 is 19.9 Å². The first kappa shape index (κ1) is 18.8. The van der Waals surface area contributed by atoms with Crippen LogP contribution in [0.25, 0.3) is 0 Å².